The first-order valence-electron chi connectivity index (χ1n) is 14.0. The lowest BCUT2D eigenvalue weighted by molar-refractivity contribution is -0.499. The number of aliphatic hydroxyl groups is 9. The van der Waals surface area contributed by atoms with Gasteiger partial charge < -0.3 is 80.1 Å². The van der Waals surface area contributed by atoms with Gasteiger partial charge in [-0.15, -0.1) is 0 Å². The molecule has 19 nitrogen and oxygen atoms in total. The fourth-order valence-corrected chi connectivity index (χ4v) is 4.54. The monoisotopic (exact) mass is 634 g/mol. The van der Waals surface area contributed by atoms with Gasteiger partial charge in [0.1, 0.15) is 54.9 Å². The summed E-state index contributed by atoms with van der Waals surface area (Å²) in [5.41, 5.74) is 5.45. The van der Waals surface area contributed by atoms with Gasteiger partial charge >= 0.3 is 0 Å². The van der Waals surface area contributed by atoms with E-state index in [2.05, 4.69) is 0 Å². The third-order valence-corrected chi connectivity index (χ3v) is 7.10. The molecule has 2 aliphatic rings. The Kier molecular flexibility index (Phi) is 16.5. The van der Waals surface area contributed by atoms with E-state index in [0.717, 1.165) is 6.42 Å². The van der Waals surface area contributed by atoms with Gasteiger partial charge in [0.25, 0.3) is 0 Å². The zero-order valence-corrected chi connectivity index (χ0v) is 23.8. The summed E-state index contributed by atoms with van der Waals surface area (Å²) < 4.78 is 33.0. The molecular formula is C24H46N2O17. The van der Waals surface area contributed by atoms with Crippen molar-refractivity contribution in [2.24, 2.45) is 5.73 Å². The average Bonchev–Trinajstić information content (AvgIpc) is 2.98. The number of ether oxygens (including phenoxy) is 6. The highest BCUT2D eigenvalue weighted by molar-refractivity contribution is 4.94. The van der Waals surface area contributed by atoms with Crippen LogP contribution in [0.25, 0.3) is 0 Å². The van der Waals surface area contributed by atoms with Crippen molar-refractivity contribution in [3.8, 4) is 0 Å². The standard InChI is InChI=1S/C24H46N2O17/c1-11(13(7-26(36)37)40-22(12(30)8-27)38-6-4-2-3-5-25)39-23-20(35)18(33)21(15(10-29)42-23)43-24-19(34)17(32)16(31)14(9-28)41-24/h11-24,27-35H,2-10,25H2,1H3/t11-,12-,13?,14?,15?,16-,17-,18?,19?,20-,21-,22+,23+,24+/m0/s1. The van der Waals surface area contributed by atoms with Crippen molar-refractivity contribution in [1.82, 2.24) is 0 Å². The van der Waals surface area contributed by atoms with Crippen LogP contribution in [0.1, 0.15) is 26.2 Å². The van der Waals surface area contributed by atoms with Gasteiger partial charge in [-0.3, -0.25) is 10.1 Å². The van der Waals surface area contributed by atoms with Gasteiger partial charge in [0, 0.05) is 11.5 Å². The van der Waals surface area contributed by atoms with Gasteiger partial charge in [0.15, 0.2) is 25.0 Å². The minimum Gasteiger partial charge on any atom is -0.394 e. The topological polar surface area (TPSA) is 307 Å². The molecule has 0 saturated carbocycles. The molecule has 14 atom stereocenters. The third kappa shape index (κ3) is 10.7. The van der Waals surface area contributed by atoms with E-state index in [1.54, 1.807) is 0 Å². The van der Waals surface area contributed by atoms with E-state index >= 15 is 0 Å². The van der Waals surface area contributed by atoms with Crippen LogP contribution >= 0.6 is 0 Å². The van der Waals surface area contributed by atoms with Crippen molar-refractivity contribution >= 4 is 0 Å². The first-order chi connectivity index (χ1) is 20.4. The van der Waals surface area contributed by atoms with Crippen LogP contribution in [0.4, 0.5) is 0 Å². The number of aliphatic hydroxyl groups excluding tert-OH is 9. The minimum atomic E-state index is -1.89. The second kappa shape index (κ2) is 18.7. The van der Waals surface area contributed by atoms with E-state index in [9.17, 15) is 56.1 Å². The molecule has 0 amide bonds. The molecule has 254 valence electrons. The Morgan fingerprint density at radius 3 is 2.09 bits per heavy atom. The summed E-state index contributed by atoms with van der Waals surface area (Å²) >= 11 is 0. The Morgan fingerprint density at radius 1 is 0.884 bits per heavy atom. The Bertz CT molecular complexity index is 797. The van der Waals surface area contributed by atoms with Crippen LogP contribution in [0.2, 0.25) is 0 Å². The van der Waals surface area contributed by atoms with Gasteiger partial charge in [-0.2, -0.15) is 0 Å². The summed E-state index contributed by atoms with van der Waals surface area (Å²) in [6.45, 7) is -1.32. The molecule has 0 aliphatic carbocycles. The number of hydrogen-bond donors (Lipinski definition) is 10. The van der Waals surface area contributed by atoms with Crippen LogP contribution in [0.5, 0.6) is 0 Å². The highest BCUT2D eigenvalue weighted by Crippen LogP contribution is 2.30. The van der Waals surface area contributed by atoms with E-state index in [-0.39, 0.29) is 6.61 Å². The summed E-state index contributed by atoms with van der Waals surface area (Å²) in [6, 6.07) is 0. The Balaban J connectivity index is 2.11. The van der Waals surface area contributed by atoms with E-state index < -0.39 is 117 Å². The summed E-state index contributed by atoms with van der Waals surface area (Å²) in [7, 11) is 0. The predicted molar refractivity (Wildman–Crippen MR) is 139 cm³/mol. The molecule has 43 heavy (non-hydrogen) atoms. The van der Waals surface area contributed by atoms with Crippen molar-refractivity contribution in [3.05, 3.63) is 10.1 Å². The van der Waals surface area contributed by atoms with Gasteiger partial charge in [-0.1, -0.05) is 0 Å². The third-order valence-electron chi connectivity index (χ3n) is 7.10. The highest BCUT2D eigenvalue weighted by Gasteiger charge is 2.51. The molecule has 2 heterocycles. The van der Waals surface area contributed by atoms with Crippen LogP contribution in [-0.2, 0) is 28.4 Å². The van der Waals surface area contributed by atoms with E-state index in [1.165, 1.54) is 6.92 Å². The molecule has 0 aromatic heterocycles. The fourth-order valence-electron chi connectivity index (χ4n) is 4.54. The lowest BCUT2D eigenvalue weighted by Crippen LogP contribution is -2.65. The number of nitrogens with two attached hydrogens (primary N) is 1. The summed E-state index contributed by atoms with van der Waals surface area (Å²) in [5, 5.41) is 102. The van der Waals surface area contributed by atoms with Crippen molar-refractivity contribution < 1.29 is 79.3 Å². The van der Waals surface area contributed by atoms with Gasteiger partial charge in [0.05, 0.1) is 25.9 Å². The van der Waals surface area contributed by atoms with Crippen molar-refractivity contribution in [2.75, 3.05) is 39.5 Å². The molecule has 0 spiro atoms. The zero-order chi connectivity index (χ0) is 32.3. The maximum Gasteiger partial charge on any atom is 0.232 e. The van der Waals surface area contributed by atoms with Crippen molar-refractivity contribution in [1.29, 1.82) is 0 Å². The molecule has 2 rings (SSSR count). The van der Waals surface area contributed by atoms with Crippen LogP contribution in [0, 0.1) is 10.1 Å². The first kappa shape index (κ1) is 37.9. The lowest BCUT2D eigenvalue weighted by Gasteiger charge is -2.46. The normalized spacial score (nSPS) is 36.2. The van der Waals surface area contributed by atoms with Crippen LogP contribution in [-0.4, -0.2) is 176 Å². The zero-order valence-electron chi connectivity index (χ0n) is 23.8. The van der Waals surface area contributed by atoms with Crippen LogP contribution in [0.3, 0.4) is 0 Å². The Hall–Kier alpha value is -1.24. The van der Waals surface area contributed by atoms with Crippen molar-refractivity contribution in [3.63, 3.8) is 0 Å². The van der Waals surface area contributed by atoms with Gasteiger partial charge in [0.2, 0.25) is 6.54 Å². The fraction of sp³-hybridized carbons (Fsp3) is 1.00. The molecule has 5 unspecified atom stereocenters. The summed E-state index contributed by atoms with van der Waals surface area (Å²) in [4.78, 5) is 10.7. The molecule has 2 saturated heterocycles. The maximum absolute atomic E-state index is 11.4. The largest absolute Gasteiger partial charge is 0.394 e. The molecule has 0 aromatic rings. The van der Waals surface area contributed by atoms with Crippen molar-refractivity contribution in [2.45, 2.75) is 112 Å². The minimum absolute atomic E-state index is 0.0901. The molecule has 0 bridgehead atoms. The molecule has 2 aliphatic heterocycles. The van der Waals surface area contributed by atoms with Crippen LogP contribution < -0.4 is 5.73 Å². The SMILES string of the molecule is C[C@H](O[C@@H]1OC(CO)[C@H](O[C@H]2OC(CO)[C@H](O)[C@H](O)C2O)C(O)[C@@H]1O)C(C[N+](=O)[O-])O[C@@H](OCCCCCN)[C@@H](O)CO. The number of hydrogen-bond acceptors (Lipinski definition) is 18. The Morgan fingerprint density at radius 2 is 1.51 bits per heavy atom. The summed E-state index contributed by atoms with van der Waals surface area (Å²) in [6.07, 6.45) is -20.6. The van der Waals surface area contributed by atoms with Crippen LogP contribution in [0.15, 0.2) is 0 Å². The molecular weight excluding hydrogens is 588 g/mol. The first-order valence-corrected chi connectivity index (χ1v) is 14.0. The van der Waals surface area contributed by atoms with E-state index in [1.807, 2.05) is 0 Å². The molecule has 2 fully saturated rings. The molecule has 0 aromatic carbocycles. The number of nitrogens with zero attached hydrogens (tertiary/aromatic N) is 1. The second-order valence-corrected chi connectivity index (χ2v) is 10.4. The van der Waals surface area contributed by atoms with Gasteiger partial charge in [-0.25, -0.2) is 0 Å². The highest BCUT2D eigenvalue weighted by atomic mass is 16.8. The number of rotatable bonds is 19. The smallest absolute Gasteiger partial charge is 0.232 e. The predicted octanol–water partition coefficient (Wildman–Crippen LogP) is -5.50. The molecule has 0 radical (unpaired) electrons. The lowest BCUT2D eigenvalue weighted by atomic mass is 9.97. The second-order valence-electron chi connectivity index (χ2n) is 10.4. The van der Waals surface area contributed by atoms with Gasteiger partial charge in [-0.05, 0) is 32.7 Å². The molecule has 11 N–H and O–H groups in total. The van der Waals surface area contributed by atoms with E-state index in [0.29, 0.717) is 19.4 Å². The molecule has 19 heteroatoms. The van der Waals surface area contributed by atoms with E-state index in [4.69, 9.17) is 34.2 Å². The quantitative estimate of drug-likeness (QED) is 0.0274. The maximum atomic E-state index is 11.4. The number of nitro groups is 1. The average molecular weight is 635 g/mol. The Labute approximate surface area is 247 Å². The number of unbranched alkanes of at least 4 members (excludes halogenated alkanes) is 2. The summed E-state index contributed by atoms with van der Waals surface area (Å²) in [5.74, 6) is 0.